The number of nitrogens with one attached hydrogen (secondary N) is 1. The van der Waals surface area contributed by atoms with Gasteiger partial charge in [0.15, 0.2) is 0 Å². The second kappa shape index (κ2) is 6.07. The van der Waals surface area contributed by atoms with Gasteiger partial charge in [0.05, 0.1) is 5.92 Å². The fourth-order valence-corrected chi connectivity index (χ4v) is 2.08. The van der Waals surface area contributed by atoms with Gasteiger partial charge in [0, 0.05) is 11.8 Å². The summed E-state index contributed by atoms with van der Waals surface area (Å²) in [7, 11) is 0. The highest BCUT2D eigenvalue weighted by Gasteiger charge is 2.16. The highest BCUT2D eigenvalue weighted by Crippen LogP contribution is 2.20. The van der Waals surface area contributed by atoms with Gasteiger partial charge in [-0.25, -0.2) is 9.97 Å². The first-order valence-electron chi connectivity index (χ1n) is 5.82. The van der Waals surface area contributed by atoms with E-state index in [1.54, 1.807) is 25.1 Å². The molecule has 1 unspecified atom stereocenters. The quantitative estimate of drug-likeness (QED) is 0.518. The number of amides is 1. The van der Waals surface area contributed by atoms with Crippen molar-refractivity contribution in [1.82, 2.24) is 9.97 Å². The van der Waals surface area contributed by atoms with Gasteiger partial charge in [-0.1, -0.05) is 23.7 Å². The third-order valence-corrected chi connectivity index (χ3v) is 3.09. The maximum atomic E-state index is 12.1. The zero-order valence-corrected chi connectivity index (χ0v) is 12.1. The minimum absolute atomic E-state index is 0.0237. The number of nitrogen functional groups attached to an aromatic ring is 1. The summed E-state index contributed by atoms with van der Waals surface area (Å²) >= 11 is 11.4. The number of rotatable bonds is 3. The fraction of sp³-hybridized carbons (Fsp3) is 0.154. The van der Waals surface area contributed by atoms with Crippen LogP contribution >= 0.6 is 23.2 Å². The zero-order valence-electron chi connectivity index (χ0n) is 10.6. The molecule has 0 aliphatic rings. The van der Waals surface area contributed by atoms with Crippen LogP contribution in [-0.2, 0) is 4.79 Å². The number of nitrogens with zero attached hydrogens (tertiary/aromatic N) is 2. The summed E-state index contributed by atoms with van der Waals surface area (Å²) in [6.45, 7) is 1.77. The molecule has 0 bridgehead atoms. The molecule has 2 aromatic rings. The van der Waals surface area contributed by atoms with Crippen molar-refractivity contribution in [2.24, 2.45) is 0 Å². The third kappa shape index (κ3) is 3.59. The largest absolute Gasteiger partial charge is 0.399 e. The van der Waals surface area contributed by atoms with Crippen LogP contribution in [0.2, 0.25) is 10.4 Å². The topological polar surface area (TPSA) is 80.9 Å². The van der Waals surface area contributed by atoms with Crippen molar-refractivity contribution in [3.05, 3.63) is 46.3 Å². The zero-order chi connectivity index (χ0) is 14.7. The summed E-state index contributed by atoms with van der Waals surface area (Å²) in [4.78, 5) is 19.7. The Morgan fingerprint density at radius 3 is 2.70 bits per heavy atom. The van der Waals surface area contributed by atoms with Gasteiger partial charge >= 0.3 is 0 Å². The minimum Gasteiger partial charge on any atom is -0.399 e. The van der Waals surface area contributed by atoms with Crippen molar-refractivity contribution in [1.29, 1.82) is 0 Å². The normalized spacial score (nSPS) is 11.9. The molecule has 0 saturated heterocycles. The molecule has 7 heteroatoms. The van der Waals surface area contributed by atoms with E-state index in [1.165, 1.54) is 6.07 Å². The summed E-state index contributed by atoms with van der Waals surface area (Å²) < 4.78 is 0. The number of nitrogens with two attached hydrogens (primary N) is 1. The molecule has 104 valence electrons. The predicted molar refractivity (Wildman–Crippen MR) is 80.0 cm³/mol. The second-order valence-electron chi connectivity index (χ2n) is 4.23. The first-order chi connectivity index (χ1) is 9.45. The number of hydrogen-bond donors (Lipinski definition) is 2. The van der Waals surface area contributed by atoms with Crippen LogP contribution in [0.1, 0.15) is 18.4 Å². The van der Waals surface area contributed by atoms with Crippen LogP contribution < -0.4 is 11.1 Å². The molecule has 0 aliphatic heterocycles. The van der Waals surface area contributed by atoms with Gasteiger partial charge < -0.3 is 11.1 Å². The van der Waals surface area contributed by atoms with Crippen LogP contribution in [0, 0.1) is 0 Å². The fourth-order valence-electron chi connectivity index (χ4n) is 1.67. The number of anilines is 2. The highest BCUT2D eigenvalue weighted by atomic mass is 35.5. The maximum absolute atomic E-state index is 12.1. The Balaban J connectivity index is 2.15. The number of halogens is 2. The maximum Gasteiger partial charge on any atom is 0.232 e. The van der Waals surface area contributed by atoms with Gasteiger partial charge in [-0.2, -0.15) is 0 Å². The highest BCUT2D eigenvalue weighted by molar-refractivity contribution is 6.32. The lowest BCUT2D eigenvalue weighted by Crippen LogP contribution is -2.19. The number of carbonyl (C=O) groups excluding carboxylic acids is 1. The molecular weight excluding hydrogens is 299 g/mol. The Morgan fingerprint density at radius 2 is 2.05 bits per heavy atom. The van der Waals surface area contributed by atoms with Crippen LogP contribution in [0.15, 0.2) is 30.3 Å². The molecule has 5 nitrogen and oxygen atoms in total. The average molecular weight is 311 g/mol. The Bertz CT molecular complexity index is 628. The number of carbonyl (C=O) groups is 1. The SMILES string of the molecule is CC(C(=O)Nc1cc(Cl)nc(Cl)n1)c1cccc(N)c1. The minimum atomic E-state index is -0.383. The molecule has 3 N–H and O–H groups in total. The molecule has 1 heterocycles. The Kier molecular flexibility index (Phi) is 4.42. The molecule has 20 heavy (non-hydrogen) atoms. The number of aromatic nitrogens is 2. The van der Waals surface area contributed by atoms with Gasteiger partial charge in [-0.15, -0.1) is 0 Å². The van der Waals surface area contributed by atoms with Crippen LogP contribution in [-0.4, -0.2) is 15.9 Å². The van der Waals surface area contributed by atoms with Crippen molar-refractivity contribution in [2.45, 2.75) is 12.8 Å². The third-order valence-electron chi connectivity index (χ3n) is 2.72. The van der Waals surface area contributed by atoms with Gasteiger partial charge in [0.2, 0.25) is 11.2 Å². The summed E-state index contributed by atoms with van der Waals surface area (Å²) in [5.41, 5.74) is 7.12. The Hall–Kier alpha value is -1.85. The predicted octanol–water partition coefficient (Wildman–Crippen LogP) is 3.11. The second-order valence-corrected chi connectivity index (χ2v) is 4.95. The molecule has 0 fully saturated rings. The molecule has 0 spiro atoms. The first-order valence-corrected chi connectivity index (χ1v) is 6.57. The Morgan fingerprint density at radius 1 is 1.30 bits per heavy atom. The van der Waals surface area contributed by atoms with E-state index in [1.807, 2.05) is 6.07 Å². The summed E-state index contributed by atoms with van der Waals surface area (Å²) in [6, 6.07) is 8.58. The van der Waals surface area contributed by atoms with Gasteiger partial charge in [0.25, 0.3) is 0 Å². The molecule has 1 aromatic carbocycles. The standard InChI is InChI=1S/C13H12Cl2N4O/c1-7(8-3-2-4-9(16)5-8)12(20)18-11-6-10(14)17-13(15)19-11/h2-7H,16H2,1H3,(H,17,18,19,20). The summed E-state index contributed by atoms with van der Waals surface area (Å²) in [6.07, 6.45) is 0. The summed E-state index contributed by atoms with van der Waals surface area (Å²) in [5.74, 6) is -0.358. The molecule has 0 radical (unpaired) electrons. The van der Waals surface area contributed by atoms with E-state index in [-0.39, 0.29) is 28.1 Å². The lowest BCUT2D eigenvalue weighted by molar-refractivity contribution is -0.117. The first kappa shape index (κ1) is 14.6. The molecule has 0 saturated carbocycles. The lowest BCUT2D eigenvalue weighted by Gasteiger charge is -2.12. The van der Waals surface area contributed by atoms with Crippen molar-refractivity contribution in [3.8, 4) is 0 Å². The Labute approximate surface area is 126 Å². The van der Waals surface area contributed by atoms with E-state index < -0.39 is 0 Å². The van der Waals surface area contributed by atoms with E-state index in [0.717, 1.165) is 5.56 Å². The number of benzene rings is 1. The van der Waals surface area contributed by atoms with E-state index in [0.29, 0.717) is 5.69 Å². The average Bonchev–Trinajstić information content (AvgIpc) is 2.36. The van der Waals surface area contributed by atoms with E-state index >= 15 is 0 Å². The van der Waals surface area contributed by atoms with Crippen LogP contribution in [0.4, 0.5) is 11.5 Å². The van der Waals surface area contributed by atoms with Gasteiger partial charge in [0.1, 0.15) is 11.0 Å². The molecule has 1 amide bonds. The van der Waals surface area contributed by atoms with Crippen LogP contribution in [0.25, 0.3) is 0 Å². The molecule has 2 rings (SSSR count). The van der Waals surface area contributed by atoms with E-state index in [4.69, 9.17) is 28.9 Å². The van der Waals surface area contributed by atoms with Crippen molar-refractivity contribution >= 4 is 40.6 Å². The van der Waals surface area contributed by atoms with Gasteiger partial charge in [-0.05, 0) is 36.2 Å². The van der Waals surface area contributed by atoms with Gasteiger partial charge in [-0.3, -0.25) is 4.79 Å². The van der Waals surface area contributed by atoms with E-state index in [9.17, 15) is 4.79 Å². The monoisotopic (exact) mass is 310 g/mol. The summed E-state index contributed by atoms with van der Waals surface area (Å²) in [5, 5.41) is 2.78. The van der Waals surface area contributed by atoms with E-state index in [2.05, 4.69) is 15.3 Å². The molecule has 0 aliphatic carbocycles. The van der Waals surface area contributed by atoms with Crippen LogP contribution in [0.3, 0.4) is 0 Å². The van der Waals surface area contributed by atoms with Crippen LogP contribution in [0.5, 0.6) is 0 Å². The van der Waals surface area contributed by atoms with Crippen molar-refractivity contribution in [3.63, 3.8) is 0 Å². The lowest BCUT2D eigenvalue weighted by atomic mass is 10.00. The van der Waals surface area contributed by atoms with Crippen molar-refractivity contribution < 1.29 is 4.79 Å². The van der Waals surface area contributed by atoms with Crippen molar-refractivity contribution in [2.75, 3.05) is 11.1 Å². The molecule has 1 aromatic heterocycles. The molecule has 1 atom stereocenters. The smallest absolute Gasteiger partial charge is 0.232 e. The molecular formula is C13H12Cl2N4O. The number of hydrogen-bond acceptors (Lipinski definition) is 4.